The van der Waals surface area contributed by atoms with Gasteiger partial charge in [0.1, 0.15) is 0 Å². The van der Waals surface area contributed by atoms with Crippen LogP contribution < -0.4 is 5.73 Å². The Morgan fingerprint density at radius 1 is 1.16 bits per heavy atom. The highest BCUT2D eigenvalue weighted by Crippen LogP contribution is 2.30. The molecule has 0 spiro atoms. The highest BCUT2D eigenvalue weighted by Gasteiger charge is 2.27. The van der Waals surface area contributed by atoms with E-state index in [1.807, 2.05) is 6.07 Å². The van der Waals surface area contributed by atoms with E-state index in [-0.39, 0.29) is 11.5 Å². The fraction of sp³-hybridized carbons (Fsp3) is 0.467. The third-order valence-corrected chi connectivity index (χ3v) is 3.41. The third-order valence-electron chi connectivity index (χ3n) is 3.41. The van der Waals surface area contributed by atoms with Gasteiger partial charge in [-0.15, -0.1) is 0 Å². The van der Waals surface area contributed by atoms with E-state index in [9.17, 15) is 0 Å². The van der Waals surface area contributed by atoms with Gasteiger partial charge in [-0.25, -0.2) is 0 Å². The minimum absolute atomic E-state index is 0.0929. The Morgan fingerprint density at radius 2 is 1.84 bits per heavy atom. The second-order valence-corrected chi connectivity index (χ2v) is 6.10. The van der Waals surface area contributed by atoms with Crippen molar-refractivity contribution in [3.05, 3.63) is 35.2 Å². The van der Waals surface area contributed by atoms with Crippen LogP contribution in [0.25, 0.3) is 11.5 Å². The summed E-state index contributed by atoms with van der Waals surface area (Å²) < 4.78 is 5.32. The minimum Gasteiger partial charge on any atom is -0.334 e. The Balaban J connectivity index is 2.33. The Kier molecular flexibility index (Phi) is 3.45. The fourth-order valence-corrected chi connectivity index (χ4v) is 1.74. The van der Waals surface area contributed by atoms with Crippen molar-refractivity contribution in [1.82, 2.24) is 10.1 Å². The zero-order valence-corrected chi connectivity index (χ0v) is 12.2. The van der Waals surface area contributed by atoms with E-state index in [1.165, 1.54) is 11.1 Å². The van der Waals surface area contributed by atoms with Crippen LogP contribution in [0.3, 0.4) is 0 Å². The molecule has 0 aliphatic heterocycles. The molecule has 1 atom stereocenters. The first-order valence-electron chi connectivity index (χ1n) is 6.46. The summed E-state index contributed by atoms with van der Waals surface area (Å²) in [5, 5.41) is 4.00. The van der Waals surface area contributed by atoms with Crippen LogP contribution in [-0.4, -0.2) is 10.1 Å². The lowest BCUT2D eigenvalue weighted by Crippen LogP contribution is -2.27. The van der Waals surface area contributed by atoms with Crippen LogP contribution in [0.15, 0.2) is 22.7 Å². The first-order chi connectivity index (χ1) is 8.79. The topological polar surface area (TPSA) is 64.9 Å². The number of nitrogens with zero attached hydrogens (tertiary/aromatic N) is 2. The number of nitrogens with two attached hydrogens (primary N) is 1. The summed E-state index contributed by atoms with van der Waals surface area (Å²) in [6, 6.07) is 5.85. The van der Waals surface area contributed by atoms with Crippen LogP contribution in [0.2, 0.25) is 0 Å². The van der Waals surface area contributed by atoms with Crippen molar-refractivity contribution in [2.24, 2.45) is 11.1 Å². The summed E-state index contributed by atoms with van der Waals surface area (Å²) in [5.41, 5.74) is 9.42. The van der Waals surface area contributed by atoms with E-state index in [0.717, 1.165) is 5.56 Å². The standard InChI is InChI=1S/C15H21N3O/c1-9-6-7-11(8-10(9)2)14-17-13(18-19-14)12(16)15(3,4)5/h6-8,12H,16H2,1-5H3. The molecule has 2 rings (SSSR count). The Labute approximate surface area is 114 Å². The Hall–Kier alpha value is -1.68. The van der Waals surface area contributed by atoms with Crippen LogP contribution >= 0.6 is 0 Å². The van der Waals surface area contributed by atoms with Crippen molar-refractivity contribution >= 4 is 0 Å². The van der Waals surface area contributed by atoms with Gasteiger partial charge in [-0.1, -0.05) is 32.0 Å². The van der Waals surface area contributed by atoms with Gasteiger partial charge in [0, 0.05) is 5.56 Å². The van der Waals surface area contributed by atoms with E-state index >= 15 is 0 Å². The Morgan fingerprint density at radius 3 is 2.42 bits per heavy atom. The Bertz CT molecular complexity index is 581. The zero-order valence-electron chi connectivity index (χ0n) is 12.2. The van der Waals surface area contributed by atoms with E-state index in [2.05, 4.69) is 56.9 Å². The monoisotopic (exact) mass is 259 g/mol. The van der Waals surface area contributed by atoms with E-state index in [0.29, 0.717) is 11.7 Å². The van der Waals surface area contributed by atoms with Crippen LogP contribution in [0.5, 0.6) is 0 Å². The average molecular weight is 259 g/mol. The van der Waals surface area contributed by atoms with Gasteiger partial charge in [0.2, 0.25) is 0 Å². The number of benzene rings is 1. The maximum atomic E-state index is 6.13. The second kappa shape index (κ2) is 4.78. The molecule has 2 aromatic rings. The molecule has 0 aliphatic carbocycles. The molecule has 0 radical (unpaired) electrons. The quantitative estimate of drug-likeness (QED) is 0.897. The normalized spacial score (nSPS) is 13.6. The van der Waals surface area contributed by atoms with Crippen molar-refractivity contribution in [2.75, 3.05) is 0 Å². The molecule has 1 aromatic heterocycles. The van der Waals surface area contributed by atoms with Gasteiger partial charge in [0.15, 0.2) is 5.82 Å². The lowest BCUT2D eigenvalue weighted by molar-refractivity contribution is 0.303. The maximum absolute atomic E-state index is 6.13. The summed E-state index contributed by atoms with van der Waals surface area (Å²) in [7, 11) is 0. The first-order valence-corrected chi connectivity index (χ1v) is 6.46. The lowest BCUT2D eigenvalue weighted by Gasteiger charge is -2.23. The average Bonchev–Trinajstić information content (AvgIpc) is 2.79. The number of rotatable bonds is 2. The molecule has 0 bridgehead atoms. The maximum Gasteiger partial charge on any atom is 0.257 e. The van der Waals surface area contributed by atoms with Gasteiger partial charge in [-0.2, -0.15) is 4.98 Å². The summed E-state index contributed by atoms with van der Waals surface area (Å²) in [6.07, 6.45) is 0. The van der Waals surface area contributed by atoms with Gasteiger partial charge in [-0.05, 0) is 42.5 Å². The van der Waals surface area contributed by atoms with Crippen LogP contribution in [-0.2, 0) is 0 Å². The van der Waals surface area contributed by atoms with Crippen molar-refractivity contribution in [3.8, 4) is 11.5 Å². The molecule has 0 amide bonds. The first kappa shape index (κ1) is 13.7. The molecular weight excluding hydrogens is 238 g/mol. The summed E-state index contributed by atoms with van der Waals surface area (Å²) in [4.78, 5) is 4.41. The summed E-state index contributed by atoms with van der Waals surface area (Å²) in [6.45, 7) is 10.3. The predicted octanol–water partition coefficient (Wildman–Crippen LogP) is 3.40. The predicted molar refractivity (Wildman–Crippen MR) is 75.6 cm³/mol. The highest BCUT2D eigenvalue weighted by atomic mass is 16.5. The van der Waals surface area contributed by atoms with Gasteiger partial charge in [-0.3, -0.25) is 0 Å². The lowest BCUT2D eigenvalue weighted by atomic mass is 9.87. The van der Waals surface area contributed by atoms with Gasteiger partial charge < -0.3 is 10.3 Å². The molecule has 0 saturated carbocycles. The van der Waals surface area contributed by atoms with Gasteiger partial charge in [0.25, 0.3) is 5.89 Å². The largest absolute Gasteiger partial charge is 0.334 e. The van der Waals surface area contributed by atoms with E-state index in [4.69, 9.17) is 10.3 Å². The number of hydrogen-bond donors (Lipinski definition) is 1. The van der Waals surface area contributed by atoms with Gasteiger partial charge in [0.05, 0.1) is 6.04 Å². The molecule has 0 saturated heterocycles. The van der Waals surface area contributed by atoms with Crippen molar-refractivity contribution in [2.45, 2.75) is 40.7 Å². The van der Waals surface area contributed by atoms with Crippen molar-refractivity contribution in [3.63, 3.8) is 0 Å². The number of aromatic nitrogens is 2. The summed E-state index contributed by atoms with van der Waals surface area (Å²) in [5.74, 6) is 1.08. The van der Waals surface area contributed by atoms with Crippen LogP contribution in [0.4, 0.5) is 0 Å². The molecule has 1 unspecified atom stereocenters. The molecule has 1 aromatic carbocycles. The SMILES string of the molecule is Cc1ccc(-c2nc(C(N)C(C)(C)C)no2)cc1C. The number of aryl methyl sites for hydroxylation is 2. The molecular formula is C15H21N3O. The molecule has 102 valence electrons. The molecule has 4 nitrogen and oxygen atoms in total. The van der Waals surface area contributed by atoms with E-state index in [1.54, 1.807) is 0 Å². The molecule has 0 fully saturated rings. The molecule has 0 aliphatic rings. The summed E-state index contributed by atoms with van der Waals surface area (Å²) >= 11 is 0. The molecule has 19 heavy (non-hydrogen) atoms. The van der Waals surface area contributed by atoms with Crippen molar-refractivity contribution < 1.29 is 4.52 Å². The third kappa shape index (κ3) is 2.84. The van der Waals surface area contributed by atoms with Crippen molar-refractivity contribution in [1.29, 1.82) is 0 Å². The fourth-order valence-electron chi connectivity index (χ4n) is 1.74. The van der Waals surface area contributed by atoms with Gasteiger partial charge >= 0.3 is 0 Å². The zero-order chi connectivity index (χ0) is 14.2. The van der Waals surface area contributed by atoms with Crippen LogP contribution in [0.1, 0.15) is 43.8 Å². The molecule has 4 heteroatoms. The smallest absolute Gasteiger partial charge is 0.257 e. The molecule has 2 N–H and O–H groups in total. The second-order valence-electron chi connectivity index (χ2n) is 6.10. The van der Waals surface area contributed by atoms with E-state index < -0.39 is 0 Å². The minimum atomic E-state index is -0.239. The number of hydrogen-bond acceptors (Lipinski definition) is 4. The highest BCUT2D eigenvalue weighted by molar-refractivity contribution is 5.55. The molecule has 1 heterocycles. The van der Waals surface area contributed by atoms with Crippen LogP contribution in [0, 0.1) is 19.3 Å².